The molecule has 0 heterocycles. The highest BCUT2D eigenvalue weighted by Crippen LogP contribution is 2.42. The van der Waals surface area contributed by atoms with Crippen LogP contribution < -0.4 is 15.4 Å². The van der Waals surface area contributed by atoms with Crippen LogP contribution in [0.3, 0.4) is 0 Å². The minimum atomic E-state index is -4.76. The summed E-state index contributed by atoms with van der Waals surface area (Å²) in [7, 11) is 0. The van der Waals surface area contributed by atoms with Crippen LogP contribution in [0.25, 0.3) is 0 Å². The predicted molar refractivity (Wildman–Crippen MR) is 88.4 cm³/mol. The van der Waals surface area contributed by atoms with E-state index >= 15 is 0 Å². The van der Waals surface area contributed by atoms with Crippen molar-refractivity contribution in [3.63, 3.8) is 0 Å². The van der Waals surface area contributed by atoms with Crippen molar-refractivity contribution in [1.82, 2.24) is 5.32 Å². The molecule has 2 amide bonds. The number of hydrogen-bond acceptors (Lipinski definition) is 3. The summed E-state index contributed by atoms with van der Waals surface area (Å²) in [6, 6.07) is 5.23. The molecule has 0 saturated heterocycles. The lowest BCUT2D eigenvalue weighted by Crippen LogP contribution is -2.39. The lowest BCUT2D eigenvalue weighted by molar-refractivity contribution is -0.274. The molecule has 1 aromatic carbocycles. The molecule has 142 valence electrons. The van der Waals surface area contributed by atoms with Gasteiger partial charge in [-0.25, -0.2) is 0 Å². The number of anilines is 1. The fourth-order valence-corrected chi connectivity index (χ4v) is 3.35. The van der Waals surface area contributed by atoms with E-state index in [2.05, 4.69) is 15.4 Å². The minimum Gasteiger partial charge on any atom is -0.406 e. The maximum atomic E-state index is 12.8. The predicted octanol–water partition coefficient (Wildman–Crippen LogP) is 3.75. The SMILES string of the molecule is O=C(CC1(C(=O)Nc2ccc(OC(F)(F)F)cc2)CCCC1)NC1CC1. The smallest absolute Gasteiger partial charge is 0.406 e. The number of benzene rings is 1. The Hall–Kier alpha value is -2.25. The second kappa shape index (κ2) is 7.17. The summed E-state index contributed by atoms with van der Waals surface area (Å²) in [4.78, 5) is 25.0. The van der Waals surface area contributed by atoms with Gasteiger partial charge in [0.2, 0.25) is 11.8 Å². The van der Waals surface area contributed by atoms with Gasteiger partial charge in [0.1, 0.15) is 5.75 Å². The van der Waals surface area contributed by atoms with Gasteiger partial charge in [0, 0.05) is 18.2 Å². The van der Waals surface area contributed by atoms with E-state index in [1.807, 2.05) is 0 Å². The largest absolute Gasteiger partial charge is 0.573 e. The average Bonchev–Trinajstić information content (AvgIpc) is 3.22. The Labute approximate surface area is 149 Å². The van der Waals surface area contributed by atoms with E-state index < -0.39 is 11.8 Å². The van der Waals surface area contributed by atoms with Crippen molar-refractivity contribution in [1.29, 1.82) is 0 Å². The minimum absolute atomic E-state index is 0.113. The Kier molecular flexibility index (Phi) is 5.11. The summed E-state index contributed by atoms with van der Waals surface area (Å²) in [5, 5.41) is 5.64. The van der Waals surface area contributed by atoms with Crippen LogP contribution in [-0.4, -0.2) is 24.2 Å². The monoisotopic (exact) mass is 370 g/mol. The fraction of sp³-hybridized carbons (Fsp3) is 0.556. The van der Waals surface area contributed by atoms with Gasteiger partial charge in [0.15, 0.2) is 0 Å². The topological polar surface area (TPSA) is 67.4 Å². The molecule has 0 aromatic heterocycles. The van der Waals surface area contributed by atoms with Crippen molar-refractivity contribution in [3.05, 3.63) is 24.3 Å². The van der Waals surface area contributed by atoms with E-state index in [1.54, 1.807) is 0 Å². The quantitative estimate of drug-likeness (QED) is 0.801. The molecule has 2 saturated carbocycles. The van der Waals surface area contributed by atoms with Gasteiger partial charge in [0.25, 0.3) is 0 Å². The molecule has 0 atom stereocenters. The summed E-state index contributed by atoms with van der Waals surface area (Å²) >= 11 is 0. The lowest BCUT2D eigenvalue weighted by Gasteiger charge is -2.27. The number of rotatable bonds is 6. The zero-order valence-corrected chi connectivity index (χ0v) is 14.2. The van der Waals surface area contributed by atoms with Gasteiger partial charge in [-0.05, 0) is 49.9 Å². The molecule has 8 heteroatoms. The normalized spacial score (nSPS) is 19.0. The van der Waals surface area contributed by atoms with Crippen LogP contribution in [0.5, 0.6) is 5.75 Å². The van der Waals surface area contributed by atoms with E-state index in [4.69, 9.17) is 0 Å². The molecule has 1 aromatic rings. The van der Waals surface area contributed by atoms with Gasteiger partial charge < -0.3 is 15.4 Å². The number of carbonyl (C=O) groups is 2. The van der Waals surface area contributed by atoms with E-state index in [1.165, 1.54) is 12.1 Å². The highest BCUT2D eigenvalue weighted by molar-refractivity contribution is 5.98. The molecule has 26 heavy (non-hydrogen) atoms. The molecule has 3 rings (SSSR count). The molecule has 2 aliphatic rings. The van der Waals surface area contributed by atoms with Crippen molar-refractivity contribution < 1.29 is 27.5 Å². The maximum Gasteiger partial charge on any atom is 0.573 e. The summed E-state index contributed by atoms with van der Waals surface area (Å²) in [6.07, 6.45) is 0.371. The van der Waals surface area contributed by atoms with Crippen LogP contribution in [0, 0.1) is 5.41 Å². The first-order chi connectivity index (χ1) is 12.3. The van der Waals surface area contributed by atoms with Crippen molar-refractivity contribution in [2.24, 2.45) is 5.41 Å². The number of ether oxygens (including phenoxy) is 1. The van der Waals surface area contributed by atoms with Gasteiger partial charge in [-0.1, -0.05) is 12.8 Å². The van der Waals surface area contributed by atoms with Crippen LogP contribution in [0.15, 0.2) is 24.3 Å². The van der Waals surface area contributed by atoms with Crippen LogP contribution in [0.1, 0.15) is 44.9 Å². The molecule has 0 unspecified atom stereocenters. The van der Waals surface area contributed by atoms with Crippen molar-refractivity contribution >= 4 is 17.5 Å². The Morgan fingerprint density at radius 2 is 1.73 bits per heavy atom. The standard InChI is InChI=1S/C18H21F3N2O3/c19-18(20,21)26-14-7-5-13(6-8-14)23-16(25)17(9-1-2-10-17)11-15(24)22-12-3-4-12/h5-8,12H,1-4,9-11H2,(H,22,24)(H,23,25). The number of alkyl halides is 3. The first-order valence-electron chi connectivity index (χ1n) is 8.72. The molecular formula is C18H21F3N2O3. The van der Waals surface area contributed by atoms with E-state index in [0.29, 0.717) is 18.5 Å². The molecule has 0 radical (unpaired) electrons. The van der Waals surface area contributed by atoms with E-state index in [9.17, 15) is 22.8 Å². The summed E-state index contributed by atoms with van der Waals surface area (Å²) < 4.78 is 40.4. The summed E-state index contributed by atoms with van der Waals surface area (Å²) in [5.74, 6) is -0.723. The van der Waals surface area contributed by atoms with Gasteiger partial charge >= 0.3 is 6.36 Å². The highest BCUT2D eigenvalue weighted by Gasteiger charge is 2.43. The van der Waals surface area contributed by atoms with Crippen LogP contribution in [0.2, 0.25) is 0 Å². The molecule has 0 spiro atoms. The Bertz CT molecular complexity index is 663. The summed E-state index contributed by atoms with van der Waals surface area (Å²) in [6.45, 7) is 0. The molecular weight excluding hydrogens is 349 g/mol. The average molecular weight is 370 g/mol. The van der Waals surface area contributed by atoms with Crippen molar-refractivity contribution in [2.45, 2.75) is 57.3 Å². The maximum absolute atomic E-state index is 12.8. The molecule has 0 aliphatic heterocycles. The van der Waals surface area contributed by atoms with Crippen molar-refractivity contribution in [2.75, 3.05) is 5.32 Å². The van der Waals surface area contributed by atoms with Gasteiger partial charge in [0.05, 0.1) is 5.41 Å². The molecule has 5 nitrogen and oxygen atoms in total. The second-order valence-electron chi connectivity index (χ2n) is 7.03. The Balaban J connectivity index is 1.63. The Morgan fingerprint density at radius 1 is 1.12 bits per heavy atom. The third kappa shape index (κ3) is 4.89. The van der Waals surface area contributed by atoms with Crippen LogP contribution in [-0.2, 0) is 9.59 Å². The fourth-order valence-electron chi connectivity index (χ4n) is 3.35. The Morgan fingerprint density at radius 3 is 2.27 bits per heavy atom. The molecule has 2 aliphatic carbocycles. The van der Waals surface area contributed by atoms with Gasteiger partial charge in [-0.2, -0.15) is 0 Å². The lowest BCUT2D eigenvalue weighted by atomic mass is 9.81. The molecule has 2 fully saturated rings. The highest BCUT2D eigenvalue weighted by atomic mass is 19.4. The van der Waals surface area contributed by atoms with Crippen LogP contribution >= 0.6 is 0 Å². The van der Waals surface area contributed by atoms with E-state index in [-0.39, 0.29) is 30.0 Å². The third-order valence-corrected chi connectivity index (χ3v) is 4.83. The first-order valence-corrected chi connectivity index (χ1v) is 8.72. The third-order valence-electron chi connectivity index (χ3n) is 4.83. The number of amides is 2. The first kappa shape index (κ1) is 18.5. The summed E-state index contributed by atoms with van der Waals surface area (Å²) in [5.41, 5.74) is -0.376. The second-order valence-corrected chi connectivity index (χ2v) is 7.03. The van der Waals surface area contributed by atoms with Crippen molar-refractivity contribution in [3.8, 4) is 5.75 Å². The number of hydrogen-bond donors (Lipinski definition) is 2. The number of halogens is 3. The zero-order chi connectivity index (χ0) is 18.8. The van der Waals surface area contributed by atoms with Gasteiger partial charge in [-0.15, -0.1) is 13.2 Å². The van der Waals surface area contributed by atoms with Gasteiger partial charge in [-0.3, -0.25) is 9.59 Å². The van der Waals surface area contributed by atoms with E-state index in [0.717, 1.165) is 37.8 Å². The number of carbonyl (C=O) groups excluding carboxylic acids is 2. The van der Waals surface area contributed by atoms with Crippen LogP contribution in [0.4, 0.5) is 18.9 Å². The molecule has 2 N–H and O–H groups in total. The zero-order valence-electron chi connectivity index (χ0n) is 14.2. The number of nitrogens with one attached hydrogen (secondary N) is 2. The molecule has 0 bridgehead atoms.